The molecule has 2 heterocycles. The fourth-order valence-corrected chi connectivity index (χ4v) is 2.90. The Morgan fingerprint density at radius 1 is 1.07 bits per heavy atom. The molecule has 2 aromatic heterocycles. The lowest BCUT2D eigenvalue weighted by Gasteiger charge is -2.11. The van der Waals surface area contributed by atoms with Gasteiger partial charge in [0.15, 0.2) is 5.82 Å². The first kappa shape index (κ1) is 16.7. The zero-order valence-corrected chi connectivity index (χ0v) is 15.0. The minimum atomic E-state index is -0.140. The van der Waals surface area contributed by atoms with Crippen molar-refractivity contribution in [3.8, 4) is 5.69 Å². The topological polar surface area (TPSA) is 84.7 Å². The van der Waals surface area contributed by atoms with Gasteiger partial charge in [-0.3, -0.25) is 4.79 Å². The number of hydrogen-bond donors (Lipinski definition) is 2. The highest BCUT2D eigenvalue weighted by Gasteiger charge is 2.13. The summed E-state index contributed by atoms with van der Waals surface area (Å²) in [6.07, 6.45) is 3.45. The predicted octanol–water partition coefficient (Wildman–Crippen LogP) is 3.23. The Balaban J connectivity index is 1.76. The lowest BCUT2D eigenvalue weighted by molar-refractivity contribution is 0.0963. The molecule has 0 aliphatic carbocycles. The third-order valence-corrected chi connectivity index (χ3v) is 4.38. The van der Waals surface area contributed by atoms with Crippen molar-refractivity contribution in [2.75, 3.05) is 12.4 Å². The number of amides is 1. The number of carbonyl (C=O) groups excluding carboxylic acids is 1. The van der Waals surface area contributed by atoms with Crippen LogP contribution in [0.15, 0.2) is 60.9 Å². The first-order valence-corrected chi connectivity index (χ1v) is 8.52. The molecule has 0 aliphatic heterocycles. The number of nitrogens with one attached hydrogen (secondary N) is 2. The van der Waals surface area contributed by atoms with E-state index in [1.165, 1.54) is 0 Å². The molecule has 1 amide bonds. The summed E-state index contributed by atoms with van der Waals surface area (Å²) < 4.78 is 1.82. The molecule has 2 aromatic carbocycles. The van der Waals surface area contributed by atoms with Crippen LogP contribution in [0.2, 0.25) is 0 Å². The molecular formula is C20H18N6O. The summed E-state index contributed by atoms with van der Waals surface area (Å²) in [5.41, 5.74) is 4.16. The third-order valence-electron chi connectivity index (χ3n) is 4.38. The van der Waals surface area contributed by atoms with Crippen LogP contribution in [0, 0.1) is 6.92 Å². The van der Waals surface area contributed by atoms with Gasteiger partial charge >= 0.3 is 0 Å². The number of nitrogens with zero attached hydrogens (tertiary/aromatic N) is 4. The maximum absolute atomic E-state index is 11.9. The monoisotopic (exact) mass is 358 g/mol. The number of aromatic nitrogens is 4. The summed E-state index contributed by atoms with van der Waals surface area (Å²) in [6.45, 7) is 1.97. The van der Waals surface area contributed by atoms with Crippen molar-refractivity contribution in [2.24, 2.45) is 0 Å². The van der Waals surface area contributed by atoms with Crippen LogP contribution in [0.5, 0.6) is 0 Å². The van der Waals surface area contributed by atoms with Crippen LogP contribution >= 0.6 is 0 Å². The van der Waals surface area contributed by atoms with Gasteiger partial charge in [-0.15, -0.1) is 5.10 Å². The molecule has 0 atom stereocenters. The highest BCUT2D eigenvalue weighted by Crippen LogP contribution is 2.27. The van der Waals surface area contributed by atoms with E-state index in [0.717, 1.165) is 27.8 Å². The molecule has 7 nitrogen and oxygen atoms in total. The summed E-state index contributed by atoms with van der Waals surface area (Å²) in [6, 6.07) is 15.3. The lowest BCUT2D eigenvalue weighted by atomic mass is 10.1. The second kappa shape index (κ2) is 6.87. The van der Waals surface area contributed by atoms with Crippen molar-refractivity contribution < 1.29 is 4.79 Å². The largest absolute Gasteiger partial charge is 0.355 e. The second-order valence-electron chi connectivity index (χ2n) is 6.12. The smallest absolute Gasteiger partial charge is 0.251 e. The Bertz CT molecular complexity index is 1120. The molecule has 134 valence electrons. The van der Waals surface area contributed by atoms with Gasteiger partial charge in [0, 0.05) is 18.3 Å². The number of fused-ring (bicyclic) bond motifs is 1. The normalized spacial score (nSPS) is 10.7. The van der Waals surface area contributed by atoms with Crippen molar-refractivity contribution in [2.45, 2.75) is 6.92 Å². The summed E-state index contributed by atoms with van der Waals surface area (Å²) in [7, 11) is 1.61. The van der Waals surface area contributed by atoms with E-state index in [1.807, 2.05) is 48.0 Å². The van der Waals surface area contributed by atoms with Crippen molar-refractivity contribution in [1.29, 1.82) is 0 Å². The number of para-hydroxylation sites is 1. The highest BCUT2D eigenvalue weighted by atomic mass is 16.1. The molecule has 0 saturated carbocycles. The van der Waals surface area contributed by atoms with Crippen molar-refractivity contribution in [3.63, 3.8) is 0 Å². The van der Waals surface area contributed by atoms with Gasteiger partial charge in [-0.25, -0.2) is 4.68 Å². The highest BCUT2D eigenvalue weighted by molar-refractivity contribution is 5.96. The average Bonchev–Trinajstić information content (AvgIpc) is 3.15. The van der Waals surface area contributed by atoms with Crippen LogP contribution in [0.25, 0.3) is 16.6 Å². The first-order chi connectivity index (χ1) is 13.2. The molecule has 4 aromatic rings. The summed E-state index contributed by atoms with van der Waals surface area (Å²) >= 11 is 0. The number of anilines is 2. The molecule has 27 heavy (non-hydrogen) atoms. The molecule has 0 unspecified atom stereocenters. The van der Waals surface area contributed by atoms with Crippen LogP contribution in [0.1, 0.15) is 15.9 Å². The SMILES string of the molecule is CNC(=O)c1ccc(C)c(Nc2nncc3c2cnn3-c2ccccc2)c1. The van der Waals surface area contributed by atoms with E-state index < -0.39 is 0 Å². The van der Waals surface area contributed by atoms with Crippen molar-refractivity contribution in [3.05, 3.63) is 72.1 Å². The van der Waals surface area contributed by atoms with Gasteiger partial charge in [-0.05, 0) is 36.8 Å². The van der Waals surface area contributed by atoms with E-state index >= 15 is 0 Å². The molecule has 0 aliphatic rings. The Kier molecular flexibility index (Phi) is 4.25. The molecule has 0 radical (unpaired) electrons. The van der Waals surface area contributed by atoms with Gasteiger partial charge in [0.25, 0.3) is 5.91 Å². The number of rotatable bonds is 4. The Morgan fingerprint density at radius 3 is 2.67 bits per heavy atom. The molecule has 0 spiro atoms. The molecule has 2 N–H and O–H groups in total. The standard InChI is InChI=1S/C20H18N6O/c1-13-8-9-14(20(27)21-2)10-17(13)24-19-16-11-23-26(18(16)12-22-25-19)15-6-4-3-5-7-15/h3-12H,1-2H3,(H,21,27)(H,24,25). The Hall–Kier alpha value is -3.74. The molecule has 0 fully saturated rings. The van der Waals surface area contributed by atoms with Crippen LogP contribution in [0.4, 0.5) is 11.5 Å². The van der Waals surface area contributed by atoms with E-state index in [1.54, 1.807) is 31.6 Å². The summed E-state index contributed by atoms with van der Waals surface area (Å²) in [4.78, 5) is 11.9. The Labute approximate surface area is 156 Å². The zero-order chi connectivity index (χ0) is 18.8. The molecule has 7 heteroatoms. The van der Waals surface area contributed by atoms with Crippen LogP contribution in [0.3, 0.4) is 0 Å². The fourth-order valence-electron chi connectivity index (χ4n) is 2.90. The molecular weight excluding hydrogens is 340 g/mol. The van der Waals surface area contributed by atoms with E-state index in [-0.39, 0.29) is 5.91 Å². The zero-order valence-electron chi connectivity index (χ0n) is 15.0. The molecule has 0 saturated heterocycles. The van der Waals surface area contributed by atoms with Crippen molar-refractivity contribution >= 4 is 28.3 Å². The van der Waals surface area contributed by atoms with Gasteiger partial charge in [0.1, 0.15) is 0 Å². The Morgan fingerprint density at radius 2 is 1.89 bits per heavy atom. The maximum Gasteiger partial charge on any atom is 0.251 e. The van der Waals surface area contributed by atoms with E-state index in [4.69, 9.17) is 0 Å². The van der Waals surface area contributed by atoms with Gasteiger partial charge < -0.3 is 10.6 Å². The second-order valence-corrected chi connectivity index (χ2v) is 6.12. The maximum atomic E-state index is 11.9. The number of benzene rings is 2. The lowest BCUT2D eigenvalue weighted by Crippen LogP contribution is -2.17. The van der Waals surface area contributed by atoms with Gasteiger partial charge in [-0.2, -0.15) is 10.2 Å². The molecule has 0 bridgehead atoms. The quantitative estimate of drug-likeness (QED) is 0.585. The predicted molar refractivity (Wildman–Crippen MR) is 105 cm³/mol. The van der Waals surface area contributed by atoms with Gasteiger partial charge in [0.2, 0.25) is 0 Å². The van der Waals surface area contributed by atoms with Crippen molar-refractivity contribution in [1.82, 2.24) is 25.3 Å². The van der Waals surface area contributed by atoms with Crippen LogP contribution in [-0.4, -0.2) is 32.9 Å². The van der Waals surface area contributed by atoms with Crippen LogP contribution < -0.4 is 10.6 Å². The minimum Gasteiger partial charge on any atom is -0.355 e. The summed E-state index contributed by atoms with van der Waals surface area (Å²) in [5, 5.41) is 19.6. The number of aryl methyl sites for hydroxylation is 1. The molecule has 4 rings (SSSR count). The number of carbonyl (C=O) groups is 1. The van der Waals surface area contributed by atoms with E-state index in [2.05, 4.69) is 25.9 Å². The van der Waals surface area contributed by atoms with E-state index in [0.29, 0.717) is 11.4 Å². The number of hydrogen-bond acceptors (Lipinski definition) is 5. The average molecular weight is 358 g/mol. The third kappa shape index (κ3) is 3.10. The fraction of sp³-hybridized carbons (Fsp3) is 0.100. The minimum absolute atomic E-state index is 0.140. The van der Waals surface area contributed by atoms with Crippen LogP contribution in [-0.2, 0) is 0 Å². The summed E-state index contributed by atoms with van der Waals surface area (Å²) in [5.74, 6) is 0.450. The first-order valence-electron chi connectivity index (χ1n) is 8.52. The van der Waals surface area contributed by atoms with Gasteiger partial charge in [0.05, 0.1) is 29.0 Å². The van der Waals surface area contributed by atoms with E-state index in [9.17, 15) is 4.79 Å². The van der Waals surface area contributed by atoms with Gasteiger partial charge in [-0.1, -0.05) is 24.3 Å².